The summed E-state index contributed by atoms with van der Waals surface area (Å²) in [6.45, 7) is 5.98. The maximum atomic E-state index is 5.42. The normalized spacial score (nSPS) is 11.0. The molecule has 0 N–H and O–H groups in total. The number of hydrogen-bond acceptors (Lipinski definition) is 2. The van der Waals surface area contributed by atoms with Gasteiger partial charge in [0.25, 0.3) is 0 Å². The topological polar surface area (TPSA) is 18.5 Å². The summed E-state index contributed by atoms with van der Waals surface area (Å²) in [5.41, 5.74) is 0. The Labute approximate surface area is 79.1 Å². The quantitative estimate of drug-likeness (QED) is 0.327. The van der Waals surface area contributed by atoms with E-state index in [2.05, 4.69) is 13.8 Å². The summed E-state index contributed by atoms with van der Waals surface area (Å²) in [5.74, 6) is 0.00287. The molecule has 0 heterocycles. The molecule has 0 saturated heterocycles. The molecule has 0 saturated carbocycles. The molecule has 0 amide bonds. The molecule has 0 aliphatic heterocycles. The van der Waals surface area contributed by atoms with Crippen LogP contribution in [0.4, 0.5) is 0 Å². The van der Waals surface area contributed by atoms with Gasteiger partial charge in [-0.05, 0) is 12.8 Å². The Bertz CT molecular complexity index is 78.6. The molecule has 0 unspecified atom stereocenters. The summed E-state index contributed by atoms with van der Waals surface area (Å²) in [4.78, 5) is 0. The summed E-state index contributed by atoms with van der Waals surface area (Å²) in [6.07, 6.45) is 4.63. The van der Waals surface area contributed by atoms with Crippen molar-refractivity contribution in [3.8, 4) is 0 Å². The van der Waals surface area contributed by atoms with Gasteiger partial charge in [0, 0.05) is 13.2 Å². The van der Waals surface area contributed by atoms with Crippen molar-refractivity contribution >= 4 is 10.2 Å². The first-order chi connectivity index (χ1) is 5.81. The van der Waals surface area contributed by atoms with Crippen LogP contribution in [0.5, 0.6) is 0 Å². The molecule has 2 nitrogen and oxygen atoms in total. The number of unbranched alkanes of at least 4 members (excludes halogenated alkanes) is 2. The summed E-state index contributed by atoms with van der Waals surface area (Å²) >= 11 is 0. The molecular weight excluding hydrogens is 168 g/mol. The van der Waals surface area contributed by atoms with Gasteiger partial charge in [-0.1, -0.05) is 26.7 Å². The number of hydrogen-bond donors (Lipinski definition) is 0. The van der Waals surface area contributed by atoms with Crippen LogP contribution >= 0.6 is 0 Å². The zero-order valence-corrected chi connectivity index (χ0v) is 9.76. The van der Waals surface area contributed by atoms with E-state index < -0.39 is 0 Å². The first kappa shape index (κ1) is 12.1. The van der Waals surface area contributed by atoms with Crippen molar-refractivity contribution in [3.63, 3.8) is 0 Å². The largest absolute Gasteiger partial charge is 0.357 e. The van der Waals surface area contributed by atoms with Crippen molar-refractivity contribution in [2.24, 2.45) is 0 Å². The Morgan fingerprint density at radius 1 is 1.00 bits per heavy atom. The summed E-state index contributed by atoms with van der Waals surface area (Å²) in [5, 5.41) is 0. The van der Waals surface area contributed by atoms with Crippen molar-refractivity contribution in [2.45, 2.75) is 45.4 Å². The third kappa shape index (κ3) is 8.24. The van der Waals surface area contributed by atoms with Gasteiger partial charge in [-0.3, -0.25) is 0 Å². The van der Waals surface area contributed by atoms with Crippen LogP contribution in [0.2, 0.25) is 0 Å². The van der Waals surface area contributed by atoms with Gasteiger partial charge in [-0.25, -0.2) is 0 Å². The van der Waals surface area contributed by atoms with E-state index in [4.69, 9.17) is 9.47 Å². The molecule has 1 radical (unpaired) electrons. The smallest absolute Gasteiger partial charge is 0.132 e. The van der Waals surface area contributed by atoms with Gasteiger partial charge in [0.1, 0.15) is 5.91 Å². The average Bonchev–Trinajstić information content (AvgIpc) is 2.06. The lowest BCUT2D eigenvalue weighted by molar-refractivity contribution is -0.0895. The van der Waals surface area contributed by atoms with E-state index in [0.29, 0.717) is 0 Å². The van der Waals surface area contributed by atoms with Gasteiger partial charge in [-0.15, -0.1) is 0 Å². The van der Waals surface area contributed by atoms with E-state index in [1.165, 1.54) is 12.8 Å². The molecule has 0 atom stereocenters. The van der Waals surface area contributed by atoms with Crippen LogP contribution in [0.3, 0.4) is 0 Å². The first-order valence-electron chi connectivity index (χ1n) is 4.87. The van der Waals surface area contributed by atoms with Crippen LogP contribution in [0.25, 0.3) is 0 Å². The predicted octanol–water partition coefficient (Wildman–Crippen LogP) is 1.54. The van der Waals surface area contributed by atoms with Crippen LogP contribution in [0.1, 0.15) is 39.5 Å². The third-order valence-corrected chi connectivity index (χ3v) is 2.07. The molecule has 0 aromatic heterocycles. The van der Waals surface area contributed by atoms with Crippen LogP contribution in [0.15, 0.2) is 0 Å². The molecule has 73 valence electrons. The Morgan fingerprint density at radius 3 is 1.75 bits per heavy atom. The average molecular weight is 189 g/mol. The lowest BCUT2D eigenvalue weighted by atomic mass is 10.4. The second-order valence-electron chi connectivity index (χ2n) is 2.88. The molecule has 0 aliphatic rings. The Kier molecular flexibility index (Phi) is 9.33. The minimum absolute atomic E-state index is 0.00287. The zero-order valence-electron chi connectivity index (χ0n) is 8.34. The molecule has 0 spiro atoms. The van der Waals surface area contributed by atoms with Gasteiger partial charge in [0.15, 0.2) is 0 Å². The van der Waals surface area contributed by atoms with Crippen LogP contribution in [-0.2, 0) is 9.47 Å². The maximum absolute atomic E-state index is 5.42. The molecule has 3 heteroatoms. The van der Waals surface area contributed by atoms with Gasteiger partial charge in [0.05, 0.1) is 10.2 Å². The molecule has 0 rings (SSSR count). The number of rotatable bonds is 8. The standard InChI is InChI=1S/C9H21O2Si/c1-3-5-7-10-9(12)11-8-6-4-2/h9H,3-8,12H2,1-2H3. The lowest BCUT2D eigenvalue weighted by Gasteiger charge is -2.13. The van der Waals surface area contributed by atoms with Crippen molar-refractivity contribution < 1.29 is 9.47 Å². The SMILES string of the molecule is CCCCOC([SiH2])OCCCC. The molecule has 0 bridgehead atoms. The molecule has 0 aromatic rings. The predicted molar refractivity (Wildman–Crippen MR) is 54.1 cm³/mol. The van der Waals surface area contributed by atoms with Gasteiger partial charge < -0.3 is 9.47 Å². The van der Waals surface area contributed by atoms with Crippen LogP contribution in [0, 0.1) is 0 Å². The van der Waals surface area contributed by atoms with Crippen LogP contribution < -0.4 is 0 Å². The highest BCUT2D eigenvalue weighted by Gasteiger charge is 1.99. The minimum atomic E-state index is 0.00287. The van der Waals surface area contributed by atoms with Crippen LogP contribution in [-0.4, -0.2) is 29.4 Å². The molecule has 0 aromatic carbocycles. The lowest BCUT2D eigenvalue weighted by Crippen LogP contribution is -2.18. The summed E-state index contributed by atoms with van der Waals surface area (Å²) < 4.78 is 10.8. The van der Waals surface area contributed by atoms with E-state index in [-0.39, 0.29) is 5.91 Å². The monoisotopic (exact) mass is 189 g/mol. The maximum Gasteiger partial charge on any atom is 0.132 e. The Hall–Kier alpha value is 0.137. The third-order valence-electron chi connectivity index (χ3n) is 1.60. The van der Waals surface area contributed by atoms with Crippen molar-refractivity contribution in [3.05, 3.63) is 0 Å². The Morgan fingerprint density at radius 2 is 1.42 bits per heavy atom. The fourth-order valence-electron chi connectivity index (χ4n) is 0.766. The minimum Gasteiger partial charge on any atom is -0.357 e. The van der Waals surface area contributed by atoms with Crippen molar-refractivity contribution in [1.29, 1.82) is 0 Å². The highest BCUT2D eigenvalue weighted by Crippen LogP contribution is 1.96. The van der Waals surface area contributed by atoms with E-state index in [1.54, 1.807) is 10.2 Å². The molecule has 0 fully saturated rings. The summed E-state index contributed by atoms with van der Waals surface area (Å²) in [7, 11) is 1.77. The molecule has 12 heavy (non-hydrogen) atoms. The van der Waals surface area contributed by atoms with E-state index >= 15 is 0 Å². The fourth-order valence-corrected chi connectivity index (χ4v) is 1.10. The van der Waals surface area contributed by atoms with Crippen molar-refractivity contribution in [2.75, 3.05) is 13.2 Å². The highest BCUT2D eigenvalue weighted by atomic mass is 28.1. The summed E-state index contributed by atoms with van der Waals surface area (Å²) in [6, 6.07) is 0. The zero-order chi connectivity index (χ0) is 9.23. The second-order valence-corrected chi connectivity index (χ2v) is 3.54. The molecular formula is C9H21O2Si. The van der Waals surface area contributed by atoms with E-state index in [9.17, 15) is 0 Å². The Balaban J connectivity index is 3.04. The number of ether oxygens (including phenoxy) is 2. The first-order valence-corrected chi connectivity index (χ1v) is 5.69. The van der Waals surface area contributed by atoms with E-state index in [1.807, 2.05) is 0 Å². The molecule has 0 aliphatic carbocycles. The highest BCUT2D eigenvalue weighted by molar-refractivity contribution is 6.10. The van der Waals surface area contributed by atoms with Gasteiger partial charge in [0.2, 0.25) is 0 Å². The second kappa shape index (κ2) is 9.23. The van der Waals surface area contributed by atoms with E-state index in [0.717, 1.165) is 26.1 Å². The van der Waals surface area contributed by atoms with Gasteiger partial charge >= 0.3 is 0 Å². The van der Waals surface area contributed by atoms with Gasteiger partial charge in [-0.2, -0.15) is 0 Å². The fraction of sp³-hybridized carbons (Fsp3) is 1.00. The van der Waals surface area contributed by atoms with Crippen molar-refractivity contribution in [1.82, 2.24) is 0 Å².